The van der Waals surface area contributed by atoms with Crippen molar-refractivity contribution in [1.29, 1.82) is 0 Å². The number of hydrogen-bond donors (Lipinski definition) is 3. The van der Waals surface area contributed by atoms with Crippen LogP contribution in [-0.2, 0) is 4.79 Å². The van der Waals surface area contributed by atoms with Gasteiger partial charge in [-0.3, -0.25) is 9.89 Å². The Labute approximate surface area is 131 Å². The number of aromatic nitrogens is 2. The highest BCUT2D eigenvalue weighted by Crippen LogP contribution is 2.40. The van der Waals surface area contributed by atoms with Gasteiger partial charge >= 0.3 is 5.97 Å². The first-order valence-corrected chi connectivity index (χ1v) is 7.22. The number of nitrogens with zero attached hydrogens (tertiary/aromatic N) is 1. The van der Waals surface area contributed by atoms with E-state index in [9.17, 15) is 14.7 Å². The third-order valence-electron chi connectivity index (χ3n) is 4.22. The number of amides is 1. The lowest BCUT2D eigenvalue weighted by molar-refractivity contribution is -0.116. The van der Waals surface area contributed by atoms with Gasteiger partial charge in [0.15, 0.2) is 0 Å². The van der Waals surface area contributed by atoms with Crippen molar-refractivity contribution in [2.24, 2.45) is 0 Å². The predicted molar refractivity (Wildman–Crippen MR) is 84.6 cm³/mol. The highest BCUT2D eigenvalue weighted by Gasteiger charge is 2.29. The second-order valence-corrected chi connectivity index (χ2v) is 5.59. The first-order valence-electron chi connectivity index (χ1n) is 7.22. The molecule has 23 heavy (non-hydrogen) atoms. The van der Waals surface area contributed by atoms with Crippen LogP contribution in [0, 0.1) is 0 Å². The van der Waals surface area contributed by atoms with Crippen molar-refractivity contribution in [3.05, 3.63) is 59.3 Å². The van der Waals surface area contributed by atoms with Crippen molar-refractivity contribution in [2.45, 2.75) is 12.3 Å². The zero-order valence-electron chi connectivity index (χ0n) is 12.0. The Balaban J connectivity index is 1.94. The van der Waals surface area contributed by atoms with Crippen LogP contribution in [0.15, 0.2) is 42.6 Å². The molecule has 1 aliphatic rings. The first kappa shape index (κ1) is 13.5. The van der Waals surface area contributed by atoms with Crippen molar-refractivity contribution in [3.8, 4) is 0 Å². The molecule has 3 N–H and O–H groups in total. The van der Waals surface area contributed by atoms with Gasteiger partial charge in [0, 0.05) is 23.4 Å². The van der Waals surface area contributed by atoms with Gasteiger partial charge in [0.25, 0.3) is 0 Å². The SMILES string of the molecule is O=C1C[C@H](c2ccccc2C(=O)O)c2cc3cn[nH]c3cc2N1. The molecule has 0 saturated heterocycles. The second kappa shape index (κ2) is 4.95. The number of hydrogen-bond acceptors (Lipinski definition) is 3. The molecule has 6 nitrogen and oxygen atoms in total. The number of aromatic amines is 1. The maximum Gasteiger partial charge on any atom is 0.335 e. The molecule has 1 amide bonds. The Morgan fingerprint density at radius 2 is 2.04 bits per heavy atom. The van der Waals surface area contributed by atoms with Crippen molar-refractivity contribution in [2.75, 3.05) is 5.32 Å². The summed E-state index contributed by atoms with van der Waals surface area (Å²) in [5.74, 6) is -1.40. The Morgan fingerprint density at radius 1 is 1.22 bits per heavy atom. The largest absolute Gasteiger partial charge is 0.478 e. The number of carbonyl (C=O) groups is 2. The summed E-state index contributed by atoms with van der Waals surface area (Å²) in [6.07, 6.45) is 1.94. The number of nitrogens with one attached hydrogen (secondary N) is 2. The van der Waals surface area contributed by atoms with Crippen LogP contribution in [0.5, 0.6) is 0 Å². The maximum atomic E-state index is 12.1. The minimum atomic E-state index is -0.988. The average molecular weight is 307 g/mol. The number of carboxylic acids is 1. The van der Waals surface area contributed by atoms with Crippen molar-refractivity contribution < 1.29 is 14.7 Å². The molecular formula is C17H13N3O3. The van der Waals surface area contributed by atoms with Crippen LogP contribution in [0.3, 0.4) is 0 Å². The summed E-state index contributed by atoms with van der Waals surface area (Å²) in [4.78, 5) is 23.6. The number of aromatic carboxylic acids is 1. The molecule has 0 aliphatic carbocycles. The lowest BCUT2D eigenvalue weighted by atomic mass is 9.82. The summed E-state index contributed by atoms with van der Waals surface area (Å²) in [5.41, 5.74) is 3.32. The van der Waals surface area contributed by atoms with E-state index in [1.807, 2.05) is 12.1 Å². The van der Waals surface area contributed by atoms with Gasteiger partial charge in [-0.25, -0.2) is 4.79 Å². The first-order chi connectivity index (χ1) is 11.1. The molecule has 0 unspecified atom stereocenters. The summed E-state index contributed by atoms with van der Waals surface area (Å²) in [6, 6.07) is 10.6. The minimum Gasteiger partial charge on any atom is -0.478 e. The summed E-state index contributed by atoms with van der Waals surface area (Å²) in [7, 11) is 0. The van der Waals surface area contributed by atoms with E-state index < -0.39 is 5.97 Å². The van der Waals surface area contributed by atoms with E-state index in [1.54, 1.807) is 30.5 Å². The number of H-pyrrole nitrogens is 1. The highest BCUT2D eigenvalue weighted by molar-refractivity contribution is 5.99. The molecule has 1 aliphatic heterocycles. The third kappa shape index (κ3) is 2.15. The quantitative estimate of drug-likeness (QED) is 0.678. The van der Waals surface area contributed by atoms with Gasteiger partial charge in [-0.05, 0) is 29.3 Å². The van der Waals surface area contributed by atoms with Gasteiger partial charge in [0.2, 0.25) is 5.91 Å². The van der Waals surface area contributed by atoms with Crippen molar-refractivity contribution in [1.82, 2.24) is 10.2 Å². The molecule has 2 aromatic carbocycles. The molecule has 6 heteroatoms. The van der Waals surface area contributed by atoms with E-state index in [0.29, 0.717) is 11.3 Å². The summed E-state index contributed by atoms with van der Waals surface area (Å²) < 4.78 is 0. The van der Waals surface area contributed by atoms with Crippen LogP contribution in [0.2, 0.25) is 0 Å². The molecule has 3 aromatic rings. The second-order valence-electron chi connectivity index (χ2n) is 5.59. The number of anilines is 1. The molecule has 0 fully saturated rings. The monoisotopic (exact) mass is 307 g/mol. The molecular weight excluding hydrogens is 294 g/mol. The molecule has 1 aromatic heterocycles. The molecule has 114 valence electrons. The molecule has 4 rings (SSSR count). The molecule has 0 bridgehead atoms. The zero-order valence-corrected chi connectivity index (χ0v) is 12.0. The van der Waals surface area contributed by atoms with Gasteiger partial charge < -0.3 is 10.4 Å². The van der Waals surface area contributed by atoms with E-state index in [0.717, 1.165) is 16.5 Å². The number of fused-ring (bicyclic) bond motifs is 2. The average Bonchev–Trinajstić information content (AvgIpc) is 2.99. The Morgan fingerprint density at radius 3 is 2.87 bits per heavy atom. The van der Waals surface area contributed by atoms with Gasteiger partial charge in [0.1, 0.15) is 0 Å². The topological polar surface area (TPSA) is 95.1 Å². The number of carbonyl (C=O) groups excluding carboxylic acids is 1. The van der Waals surface area contributed by atoms with E-state index >= 15 is 0 Å². The van der Waals surface area contributed by atoms with Gasteiger partial charge in [-0.15, -0.1) is 0 Å². The summed E-state index contributed by atoms with van der Waals surface area (Å²) in [5, 5.41) is 20.1. The van der Waals surface area contributed by atoms with Crippen LogP contribution in [0.1, 0.15) is 33.8 Å². The van der Waals surface area contributed by atoms with Gasteiger partial charge in [0.05, 0.1) is 17.3 Å². The zero-order chi connectivity index (χ0) is 16.0. The highest BCUT2D eigenvalue weighted by atomic mass is 16.4. The van der Waals surface area contributed by atoms with Crippen LogP contribution < -0.4 is 5.32 Å². The van der Waals surface area contributed by atoms with Crippen LogP contribution in [0.4, 0.5) is 5.69 Å². The summed E-state index contributed by atoms with van der Waals surface area (Å²) in [6.45, 7) is 0. The Kier molecular flexibility index (Phi) is 2.90. The lowest BCUT2D eigenvalue weighted by Gasteiger charge is -2.27. The molecule has 1 atom stereocenters. The van der Waals surface area contributed by atoms with Gasteiger partial charge in [-0.2, -0.15) is 5.10 Å². The number of carboxylic acid groups (broad SMARTS) is 1. The Bertz CT molecular complexity index is 945. The van der Waals surface area contributed by atoms with E-state index in [4.69, 9.17) is 0 Å². The molecule has 0 saturated carbocycles. The molecule has 0 spiro atoms. The molecule has 2 heterocycles. The fraction of sp³-hybridized carbons (Fsp3) is 0.118. The van der Waals surface area contributed by atoms with Gasteiger partial charge in [-0.1, -0.05) is 18.2 Å². The maximum absolute atomic E-state index is 12.1. The Hall–Kier alpha value is -3.15. The number of benzene rings is 2. The third-order valence-corrected chi connectivity index (χ3v) is 4.22. The van der Waals surface area contributed by atoms with E-state index in [2.05, 4.69) is 15.5 Å². The standard InChI is InChI=1S/C17H13N3O3/c21-16-6-12(10-3-1-2-4-11(10)17(22)23)13-5-9-8-18-20-14(9)7-15(13)19-16/h1-5,7-8,12H,6H2,(H,18,20)(H,19,21)(H,22,23)/t12-/m1/s1. The van der Waals surface area contributed by atoms with Crippen molar-refractivity contribution in [3.63, 3.8) is 0 Å². The fourth-order valence-electron chi connectivity index (χ4n) is 3.18. The minimum absolute atomic E-state index is 0.124. The van der Waals surface area contributed by atoms with E-state index in [-0.39, 0.29) is 23.8 Å². The predicted octanol–water partition coefficient (Wildman–Crippen LogP) is 2.74. The smallest absolute Gasteiger partial charge is 0.335 e. The summed E-state index contributed by atoms with van der Waals surface area (Å²) >= 11 is 0. The van der Waals surface area contributed by atoms with E-state index in [1.165, 1.54) is 0 Å². The number of rotatable bonds is 2. The van der Waals surface area contributed by atoms with Crippen LogP contribution >= 0.6 is 0 Å². The van der Waals surface area contributed by atoms with Crippen molar-refractivity contribution >= 4 is 28.5 Å². The normalized spacial score (nSPS) is 16.9. The fourth-order valence-corrected chi connectivity index (χ4v) is 3.18. The lowest BCUT2D eigenvalue weighted by Crippen LogP contribution is -2.24. The molecule has 0 radical (unpaired) electrons. The van der Waals surface area contributed by atoms with Crippen LogP contribution in [-0.4, -0.2) is 27.2 Å². The van der Waals surface area contributed by atoms with Crippen LogP contribution in [0.25, 0.3) is 10.9 Å².